The fourth-order valence-corrected chi connectivity index (χ4v) is 3.21. The summed E-state index contributed by atoms with van der Waals surface area (Å²) < 4.78 is 5.41. The monoisotopic (exact) mass is 404 g/mol. The van der Waals surface area contributed by atoms with E-state index in [1.165, 1.54) is 57.4 Å². The van der Waals surface area contributed by atoms with Crippen molar-refractivity contribution in [2.45, 2.75) is 71.1 Å². The molecule has 1 aromatic heterocycles. The average Bonchev–Trinajstić information content (AvgIpc) is 2.69. The third kappa shape index (κ3) is 7.47. The van der Waals surface area contributed by atoms with E-state index in [1.54, 1.807) is 18.2 Å². The Hall–Kier alpha value is -2.14. The smallest absolute Gasteiger partial charge is 0.240 e. The van der Waals surface area contributed by atoms with Crippen LogP contribution in [0, 0.1) is 0 Å². The molecule has 152 valence electrons. The number of hydrogen-bond donors (Lipinski definition) is 1. The standard InChI is InChI=1S/C22H29ClN2O3/c1-2-3-4-5-6-7-8-9-10-11-21(26)25-24-15-17-16-28-20-13-12-18(23)14-19(20)22(17)27/h12-16H,2-11H2,1H3,(H,25,26). The molecule has 2 rings (SSSR count). The maximum absolute atomic E-state index is 12.4. The first kappa shape index (κ1) is 22.2. The Labute approximate surface area is 171 Å². The van der Waals surface area contributed by atoms with Crippen molar-refractivity contribution in [1.82, 2.24) is 5.43 Å². The van der Waals surface area contributed by atoms with Crippen molar-refractivity contribution in [3.05, 3.63) is 45.3 Å². The molecule has 1 N–H and O–H groups in total. The number of carbonyl (C=O) groups is 1. The average molecular weight is 405 g/mol. The molecule has 0 fully saturated rings. The van der Waals surface area contributed by atoms with Gasteiger partial charge in [0.05, 0.1) is 17.2 Å². The van der Waals surface area contributed by atoms with Gasteiger partial charge in [0, 0.05) is 11.4 Å². The highest BCUT2D eigenvalue weighted by atomic mass is 35.5. The number of hydrazone groups is 1. The molecule has 5 nitrogen and oxygen atoms in total. The molecule has 0 bridgehead atoms. The molecule has 6 heteroatoms. The Morgan fingerprint density at radius 3 is 2.50 bits per heavy atom. The first-order chi connectivity index (χ1) is 13.6. The summed E-state index contributed by atoms with van der Waals surface area (Å²) in [7, 11) is 0. The van der Waals surface area contributed by atoms with Gasteiger partial charge < -0.3 is 4.42 Å². The molecule has 0 atom stereocenters. The predicted octanol–water partition coefficient (Wildman–Crippen LogP) is 5.82. The summed E-state index contributed by atoms with van der Waals surface area (Å²) >= 11 is 5.93. The van der Waals surface area contributed by atoms with Gasteiger partial charge in [0.1, 0.15) is 11.8 Å². The maximum atomic E-state index is 12.4. The van der Waals surface area contributed by atoms with E-state index in [2.05, 4.69) is 17.5 Å². The van der Waals surface area contributed by atoms with Gasteiger partial charge >= 0.3 is 0 Å². The van der Waals surface area contributed by atoms with Gasteiger partial charge in [0.15, 0.2) is 0 Å². The van der Waals surface area contributed by atoms with Crippen LogP contribution in [0.25, 0.3) is 11.0 Å². The molecule has 0 aliphatic carbocycles. The lowest BCUT2D eigenvalue weighted by atomic mass is 10.1. The zero-order valence-corrected chi connectivity index (χ0v) is 17.3. The molecule has 0 saturated carbocycles. The van der Waals surface area contributed by atoms with Gasteiger partial charge in [0.25, 0.3) is 0 Å². The topological polar surface area (TPSA) is 71.7 Å². The normalized spacial score (nSPS) is 11.4. The summed E-state index contributed by atoms with van der Waals surface area (Å²) in [6, 6.07) is 4.86. The number of nitrogens with zero attached hydrogens (tertiary/aromatic N) is 1. The van der Waals surface area contributed by atoms with E-state index < -0.39 is 0 Å². The molecule has 0 spiro atoms. The lowest BCUT2D eigenvalue weighted by molar-refractivity contribution is -0.121. The zero-order chi connectivity index (χ0) is 20.2. The number of unbranched alkanes of at least 4 members (excludes halogenated alkanes) is 8. The van der Waals surface area contributed by atoms with Crippen molar-refractivity contribution >= 4 is 34.7 Å². The predicted molar refractivity (Wildman–Crippen MR) is 115 cm³/mol. The molecular formula is C22H29ClN2O3. The van der Waals surface area contributed by atoms with Crippen molar-refractivity contribution in [2.75, 3.05) is 0 Å². The molecule has 28 heavy (non-hydrogen) atoms. The SMILES string of the molecule is CCCCCCCCCCCC(=O)NN=Cc1coc2ccc(Cl)cc2c1=O. The molecular weight excluding hydrogens is 376 g/mol. The van der Waals surface area contributed by atoms with Crippen LogP contribution in [0.2, 0.25) is 5.02 Å². The molecule has 0 aliphatic heterocycles. The lowest BCUT2D eigenvalue weighted by Crippen LogP contribution is -2.18. The van der Waals surface area contributed by atoms with Gasteiger partial charge in [-0.2, -0.15) is 5.10 Å². The second kappa shape index (κ2) is 12.3. The van der Waals surface area contributed by atoms with Crippen LogP contribution in [0.3, 0.4) is 0 Å². The summed E-state index contributed by atoms with van der Waals surface area (Å²) in [5.41, 5.74) is 2.95. The molecule has 1 amide bonds. The summed E-state index contributed by atoms with van der Waals surface area (Å²) in [4.78, 5) is 24.2. The summed E-state index contributed by atoms with van der Waals surface area (Å²) in [5, 5.41) is 4.72. The first-order valence-electron chi connectivity index (χ1n) is 10.1. The number of fused-ring (bicyclic) bond motifs is 1. The number of rotatable bonds is 12. The fraction of sp³-hybridized carbons (Fsp3) is 0.500. The van der Waals surface area contributed by atoms with Gasteiger partial charge in [-0.3, -0.25) is 9.59 Å². The van der Waals surface area contributed by atoms with E-state index >= 15 is 0 Å². The minimum Gasteiger partial charge on any atom is -0.463 e. The van der Waals surface area contributed by atoms with Crippen LogP contribution in [0.15, 0.2) is 38.8 Å². The third-order valence-corrected chi connectivity index (χ3v) is 4.90. The van der Waals surface area contributed by atoms with E-state index in [4.69, 9.17) is 16.0 Å². The van der Waals surface area contributed by atoms with E-state index in [9.17, 15) is 9.59 Å². The van der Waals surface area contributed by atoms with Gasteiger partial charge in [-0.25, -0.2) is 5.43 Å². The van der Waals surface area contributed by atoms with Gasteiger partial charge in [-0.15, -0.1) is 0 Å². The Balaban J connectivity index is 1.69. The Kier molecular flexibility index (Phi) is 9.77. The van der Waals surface area contributed by atoms with Crippen molar-refractivity contribution in [3.8, 4) is 0 Å². The number of amides is 1. The maximum Gasteiger partial charge on any atom is 0.240 e. The summed E-state index contributed by atoms with van der Waals surface area (Å²) in [6.45, 7) is 2.22. The quantitative estimate of drug-likeness (QED) is 0.275. The third-order valence-electron chi connectivity index (χ3n) is 4.66. The van der Waals surface area contributed by atoms with Crippen LogP contribution >= 0.6 is 11.6 Å². The molecule has 0 aliphatic rings. The van der Waals surface area contributed by atoms with Crippen molar-refractivity contribution < 1.29 is 9.21 Å². The Morgan fingerprint density at radius 2 is 1.79 bits per heavy atom. The van der Waals surface area contributed by atoms with E-state index in [0.717, 1.165) is 12.8 Å². The van der Waals surface area contributed by atoms with Crippen LogP contribution in [0.5, 0.6) is 0 Å². The van der Waals surface area contributed by atoms with Crippen molar-refractivity contribution in [3.63, 3.8) is 0 Å². The highest BCUT2D eigenvalue weighted by Gasteiger charge is 2.06. The molecule has 1 heterocycles. The van der Waals surface area contributed by atoms with Gasteiger partial charge in [0.2, 0.25) is 11.3 Å². The van der Waals surface area contributed by atoms with Gasteiger partial charge in [-0.1, -0.05) is 69.9 Å². The summed E-state index contributed by atoms with van der Waals surface area (Å²) in [6.07, 6.45) is 13.9. The van der Waals surface area contributed by atoms with Crippen molar-refractivity contribution in [1.29, 1.82) is 0 Å². The number of halogens is 1. The number of benzene rings is 1. The number of nitrogens with one attached hydrogen (secondary N) is 1. The summed E-state index contributed by atoms with van der Waals surface area (Å²) in [5.74, 6) is -0.146. The highest BCUT2D eigenvalue weighted by molar-refractivity contribution is 6.31. The van der Waals surface area contributed by atoms with Gasteiger partial charge in [-0.05, 0) is 24.6 Å². The van der Waals surface area contributed by atoms with Crippen LogP contribution in [0.1, 0.15) is 76.7 Å². The number of carbonyl (C=O) groups excluding carboxylic acids is 1. The van der Waals surface area contributed by atoms with E-state index in [1.807, 2.05) is 0 Å². The minimum atomic E-state index is -0.235. The van der Waals surface area contributed by atoms with E-state index in [-0.39, 0.29) is 16.9 Å². The minimum absolute atomic E-state index is 0.146. The molecule has 2 aromatic rings. The Bertz CT molecular complexity index is 845. The first-order valence-corrected chi connectivity index (χ1v) is 10.5. The van der Waals surface area contributed by atoms with E-state index in [0.29, 0.717) is 22.4 Å². The second-order valence-corrected chi connectivity index (χ2v) is 7.47. The zero-order valence-electron chi connectivity index (χ0n) is 16.5. The largest absolute Gasteiger partial charge is 0.463 e. The lowest BCUT2D eigenvalue weighted by Gasteiger charge is -2.02. The van der Waals surface area contributed by atoms with Crippen LogP contribution in [-0.4, -0.2) is 12.1 Å². The molecule has 0 radical (unpaired) electrons. The Morgan fingerprint density at radius 1 is 1.11 bits per heavy atom. The van der Waals surface area contributed by atoms with Crippen molar-refractivity contribution in [2.24, 2.45) is 5.10 Å². The van der Waals surface area contributed by atoms with Crippen LogP contribution in [0.4, 0.5) is 0 Å². The fourth-order valence-electron chi connectivity index (χ4n) is 3.03. The molecule has 1 aromatic carbocycles. The molecule has 0 saturated heterocycles. The number of hydrogen-bond acceptors (Lipinski definition) is 4. The second-order valence-electron chi connectivity index (χ2n) is 7.03. The molecule has 0 unspecified atom stereocenters. The highest BCUT2D eigenvalue weighted by Crippen LogP contribution is 2.16. The van der Waals surface area contributed by atoms with Crippen LogP contribution in [-0.2, 0) is 4.79 Å². The van der Waals surface area contributed by atoms with Crippen LogP contribution < -0.4 is 10.9 Å².